The molecule has 1 N–H and O–H groups in total. The quantitative estimate of drug-likeness (QED) is 0.710. The molecule has 6 heteroatoms. The first-order valence-electron chi connectivity index (χ1n) is 10.7. The summed E-state index contributed by atoms with van der Waals surface area (Å²) in [7, 11) is 0. The van der Waals surface area contributed by atoms with Crippen molar-refractivity contribution in [3.63, 3.8) is 0 Å². The zero-order valence-electron chi connectivity index (χ0n) is 17.5. The highest BCUT2D eigenvalue weighted by Crippen LogP contribution is 2.26. The van der Waals surface area contributed by atoms with Crippen molar-refractivity contribution in [2.75, 3.05) is 31.6 Å². The first-order valence-corrected chi connectivity index (χ1v) is 10.7. The second kappa shape index (κ2) is 10.0. The van der Waals surface area contributed by atoms with Crippen LogP contribution in [0.3, 0.4) is 0 Å². The van der Waals surface area contributed by atoms with E-state index < -0.39 is 0 Å². The fraction of sp³-hybridized carbons (Fsp3) is 0.636. The number of imidazole rings is 1. The molecule has 2 aromatic rings. The summed E-state index contributed by atoms with van der Waals surface area (Å²) >= 11 is 0. The van der Waals surface area contributed by atoms with Crippen LogP contribution in [0.2, 0.25) is 0 Å². The van der Waals surface area contributed by atoms with Crippen LogP contribution in [0.15, 0.2) is 24.3 Å². The van der Waals surface area contributed by atoms with Gasteiger partial charge in [-0.3, -0.25) is 10.1 Å². The van der Waals surface area contributed by atoms with Crippen molar-refractivity contribution in [2.45, 2.75) is 59.1 Å². The largest absolute Gasteiger partial charge is 0.368 e. The number of benzene rings is 1. The van der Waals surface area contributed by atoms with Crippen LogP contribution < -0.4 is 5.32 Å². The van der Waals surface area contributed by atoms with E-state index >= 15 is 0 Å². The third kappa shape index (κ3) is 5.11. The average molecular weight is 387 g/mol. The number of para-hydroxylation sites is 2. The van der Waals surface area contributed by atoms with E-state index in [4.69, 9.17) is 4.74 Å². The molecule has 0 radical (unpaired) electrons. The highest BCUT2D eigenvalue weighted by atomic mass is 16.5. The topological polar surface area (TPSA) is 59.4 Å². The molecule has 154 valence electrons. The lowest BCUT2D eigenvalue weighted by Crippen LogP contribution is -2.31. The first-order chi connectivity index (χ1) is 13.6. The molecule has 0 aliphatic heterocycles. The molecular formula is C22H34N4O2. The van der Waals surface area contributed by atoms with E-state index in [1.54, 1.807) is 0 Å². The molecule has 1 amide bonds. The van der Waals surface area contributed by atoms with Crippen LogP contribution in [-0.2, 0) is 16.1 Å². The molecule has 2 atom stereocenters. The Balaban J connectivity index is 1.67. The molecule has 1 aliphatic carbocycles. The summed E-state index contributed by atoms with van der Waals surface area (Å²) in [4.78, 5) is 19.6. The Bertz CT molecular complexity index is 769. The molecule has 1 aromatic carbocycles. The summed E-state index contributed by atoms with van der Waals surface area (Å²) < 4.78 is 8.02. The molecule has 6 nitrogen and oxygen atoms in total. The van der Waals surface area contributed by atoms with Gasteiger partial charge < -0.3 is 14.2 Å². The van der Waals surface area contributed by atoms with Crippen LogP contribution in [-0.4, -0.2) is 52.7 Å². The molecule has 0 bridgehead atoms. The smallest absolute Gasteiger partial charge is 0.252 e. The van der Waals surface area contributed by atoms with E-state index in [2.05, 4.69) is 46.6 Å². The van der Waals surface area contributed by atoms with Gasteiger partial charge in [0.2, 0.25) is 5.95 Å². The molecule has 1 fully saturated rings. The van der Waals surface area contributed by atoms with Crippen LogP contribution in [0.1, 0.15) is 46.5 Å². The Labute approximate surface area is 168 Å². The van der Waals surface area contributed by atoms with E-state index in [-0.39, 0.29) is 18.6 Å². The number of carbonyl (C=O) groups excluding carboxylic acids is 1. The molecule has 1 aromatic heterocycles. The van der Waals surface area contributed by atoms with Gasteiger partial charge in [0.25, 0.3) is 5.91 Å². The van der Waals surface area contributed by atoms with Gasteiger partial charge in [-0.25, -0.2) is 4.98 Å². The Morgan fingerprint density at radius 3 is 2.75 bits per heavy atom. The fourth-order valence-corrected chi connectivity index (χ4v) is 4.05. The standard InChI is InChI=1S/C22H34N4O2/c1-4-25(5-2)14-15-26-19-12-8-7-11-18(19)23-22(26)24-21(27)16-28-20-13-9-6-10-17(20)3/h7-8,11-12,17,20H,4-6,9-10,13-16H2,1-3H3,(H,23,24,27). The molecule has 1 aliphatic rings. The van der Waals surface area contributed by atoms with E-state index in [0.29, 0.717) is 11.9 Å². The van der Waals surface area contributed by atoms with Gasteiger partial charge in [0.15, 0.2) is 0 Å². The van der Waals surface area contributed by atoms with Gasteiger partial charge >= 0.3 is 0 Å². The molecule has 0 saturated heterocycles. The second-order valence-electron chi connectivity index (χ2n) is 7.76. The van der Waals surface area contributed by atoms with Crippen LogP contribution in [0.5, 0.6) is 0 Å². The SMILES string of the molecule is CCN(CC)CCn1c(NC(=O)COC2CCCCC2C)nc2ccccc21. The Morgan fingerprint density at radius 2 is 2.00 bits per heavy atom. The number of anilines is 1. The number of amides is 1. The normalized spacial score (nSPS) is 20.0. The van der Waals surface area contributed by atoms with Gasteiger partial charge in [-0.1, -0.05) is 45.7 Å². The Morgan fingerprint density at radius 1 is 1.25 bits per heavy atom. The molecule has 28 heavy (non-hydrogen) atoms. The molecular weight excluding hydrogens is 352 g/mol. The van der Waals surface area contributed by atoms with Crippen molar-refractivity contribution < 1.29 is 9.53 Å². The molecule has 1 heterocycles. The van der Waals surface area contributed by atoms with Gasteiger partial charge in [0, 0.05) is 13.1 Å². The lowest BCUT2D eigenvalue weighted by molar-refractivity contribution is -0.124. The van der Waals surface area contributed by atoms with Gasteiger partial charge in [-0.05, 0) is 44.0 Å². The van der Waals surface area contributed by atoms with Gasteiger partial charge in [-0.2, -0.15) is 0 Å². The number of nitrogens with one attached hydrogen (secondary N) is 1. The third-order valence-corrected chi connectivity index (χ3v) is 5.90. The summed E-state index contributed by atoms with van der Waals surface area (Å²) in [5.74, 6) is 1.01. The minimum Gasteiger partial charge on any atom is -0.368 e. The van der Waals surface area contributed by atoms with Gasteiger partial charge in [-0.15, -0.1) is 0 Å². The molecule has 2 unspecified atom stereocenters. The van der Waals surface area contributed by atoms with Crippen molar-refractivity contribution in [1.29, 1.82) is 0 Å². The number of carbonyl (C=O) groups is 1. The minimum atomic E-state index is -0.128. The number of ether oxygens (including phenoxy) is 1. The van der Waals surface area contributed by atoms with Crippen molar-refractivity contribution in [2.24, 2.45) is 5.92 Å². The Kier molecular flexibility index (Phi) is 7.45. The molecule has 0 spiro atoms. The van der Waals surface area contributed by atoms with E-state index in [1.807, 2.05) is 18.2 Å². The van der Waals surface area contributed by atoms with Crippen LogP contribution in [0.25, 0.3) is 11.0 Å². The van der Waals surface area contributed by atoms with Crippen LogP contribution in [0.4, 0.5) is 5.95 Å². The average Bonchev–Trinajstić information content (AvgIpc) is 3.05. The van der Waals surface area contributed by atoms with Crippen molar-refractivity contribution in [3.8, 4) is 0 Å². The summed E-state index contributed by atoms with van der Waals surface area (Å²) in [6, 6.07) is 8.03. The second-order valence-corrected chi connectivity index (χ2v) is 7.76. The van der Waals surface area contributed by atoms with Gasteiger partial charge in [0.1, 0.15) is 6.61 Å². The zero-order chi connectivity index (χ0) is 19.9. The summed E-state index contributed by atoms with van der Waals surface area (Å²) in [5, 5.41) is 2.98. The fourth-order valence-electron chi connectivity index (χ4n) is 4.05. The number of hydrogen-bond acceptors (Lipinski definition) is 4. The number of fused-ring (bicyclic) bond motifs is 1. The van der Waals surface area contributed by atoms with E-state index in [0.717, 1.165) is 43.6 Å². The zero-order valence-corrected chi connectivity index (χ0v) is 17.5. The monoisotopic (exact) mass is 386 g/mol. The predicted octanol–water partition coefficient (Wildman–Crippen LogP) is 3.91. The number of rotatable bonds is 9. The van der Waals surface area contributed by atoms with Crippen LogP contribution in [0, 0.1) is 5.92 Å². The maximum atomic E-state index is 12.5. The maximum absolute atomic E-state index is 12.5. The van der Waals surface area contributed by atoms with Crippen molar-refractivity contribution in [3.05, 3.63) is 24.3 Å². The Hall–Kier alpha value is -1.92. The van der Waals surface area contributed by atoms with Gasteiger partial charge in [0.05, 0.1) is 17.1 Å². The lowest BCUT2D eigenvalue weighted by Gasteiger charge is -2.28. The predicted molar refractivity (Wildman–Crippen MR) is 114 cm³/mol. The molecule has 3 rings (SSSR count). The highest BCUT2D eigenvalue weighted by molar-refractivity contribution is 5.92. The summed E-state index contributed by atoms with van der Waals surface area (Å²) in [6.45, 7) is 10.4. The van der Waals surface area contributed by atoms with Crippen molar-refractivity contribution >= 4 is 22.9 Å². The summed E-state index contributed by atoms with van der Waals surface area (Å²) in [5.41, 5.74) is 1.95. The minimum absolute atomic E-state index is 0.0915. The number of likely N-dealkylation sites (N-methyl/N-ethyl adjacent to an activating group) is 1. The van der Waals surface area contributed by atoms with E-state index in [1.165, 1.54) is 19.3 Å². The summed E-state index contributed by atoms with van der Waals surface area (Å²) in [6.07, 6.45) is 4.90. The molecule has 1 saturated carbocycles. The van der Waals surface area contributed by atoms with E-state index in [9.17, 15) is 4.79 Å². The first kappa shape index (κ1) is 20.8. The number of hydrogen-bond donors (Lipinski definition) is 1. The number of aromatic nitrogens is 2. The van der Waals surface area contributed by atoms with Crippen LogP contribution >= 0.6 is 0 Å². The lowest BCUT2D eigenvalue weighted by atomic mass is 9.88. The highest BCUT2D eigenvalue weighted by Gasteiger charge is 2.23. The third-order valence-electron chi connectivity index (χ3n) is 5.90. The maximum Gasteiger partial charge on any atom is 0.252 e. The number of nitrogens with zero attached hydrogens (tertiary/aromatic N) is 3. The van der Waals surface area contributed by atoms with Crippen molar-refractivity contribution in [1.82, 2.24) is 14.5 Å².